The van der Waals surface area contributed by atoms with Crippen molar-refractivity contribution in [3.8, 4) is 0 Å². The van der Waals surface area contributed by atoms with Gasteiger partial charge in [0.05, 0.1) is 30.6 Å². The first-order chi connectivity index (χ1) is 19.8. The molecule has 0 bridgehead atoms. The van der Waals surface area contributed by atoms with Gasteiger partial charge in [-0.05, 0) is 68.2 Å². The number of hydrogen-bond acceptors (Lipinski definition) is 6. The van der Waals surface area contributed by atoms with Crippen molar-refractivity contribution in [2.45, 2.75) is 51.8 Å². The number of ether oxygens (including phenoxy) is 1. The van der Waals surface area contributed by atoms with Crippen molar-refractivity contribution >= 4 is 35.2 Å². The Balaban J connectivity index is 1.26. The van der Waals surface area contributed by atoms with Crippen molar-refractivity contribution in [3.05, 3.63) is 93.9 Å². The number of aromatic nitrogens is 3. The third-order valence-electron chi connectivity index (χ3n) is 7.44. The van der Waals surface area contributed by atoms with Crippen molar-refractivity contribution in [3.63, 3.8) is 0 Å². The molecule has 0 saturated carbocycles. The highest BCUT2D eigenvalue weighted by molar-refractivity contribution is 6.40. The number of carboxylic acids is 1. The molecule has 5 rings (SSSR count). The molecule has 0 unspecified atom stereocenters. The van der Waals surface area contributed by atoms with Crippen LogP contribution in [-0.4, -0.2) is 62.0 Å². The molecule has 10 heteroatoms. The van der Waals surface area contributed by atoms with Crippen molar-refractivity contribution in [1.82, 2.24) is 19.4 Å². The first kappa shape index (κ1) is 28.9. The van der Waals surface area contributed by atoms with E-state index in [2.05, 4.69) is 22.5 Å². The molecule has 1 N–H and O–H groups in total. The number of benzene rings is 1. The van der Waals surface area contributed by atoms with Crippen LogP contribution in [0.1, 0.15) is 47.7 Å². The van der Waals surface area contributed by atoms with E-state index in [1.54, 1.807) is 12.1 Å². The molecule has 0 aliphatic carbocycles. The predicted octanol–water partition coefficient (Wildman–Crippen LogP) is 5.78. The fraction of sp³-hybridized carbons (Fsp3) is 0.355. The molecule has 2 aliphatic rings. The Morgan fingerprint density at radius 2 is 2.05 bits per heavy atom. The Kier molecular flexibility index (Phi) is 9.07. The second kappa shape index (κ2) is 12.9. The van der Waals surface area contributed by atoms with Crippen LogP contribution in [0.3, 0.4) is 0 Å². The van der Waals surface area contributed by atoms with E-state index in [0.717, 1.165) is 56.2 Å². The summed E-state index contributed by atoms with van der Waals surface area (Å²) in [4.78, 5) is 27.8. The summed E-state index contributed by atoms with van der Waals surface area (Å²) < 4.78 is 21.9. The Morgan fingerprint density at radius 1 is 1.27 bits per heavy atom. The van der Waals surface area contributed by atoms with Crippen LogP contribution in [0.2, 0.25) is 5.02 Å². The Labute approximate surface area is 243 Å². The number of imidazole rings is 1. The first-order valence-electron chi connectivity index (χ1n) is 13.7. The minimum atomic E-state index is -1.12. The molecule has 8 nitrogen and oxygen atoms in total. The smallest absolute Gasteiger partial charge is 0.354 e. The molecule has 0 amide bonds. The van der Waals surface area contributed by atoms with Crippen LogP contribution in [0.25, 0.3) is 6.08 Å². The maximum absolute atomic E-state index is 14.3. The summed E-state index contributed by atoms with van der Waals surface area (Å²) >= 11 is 5.88. The average molecular weight is 578 g/mol. The molecule has 41 heavy (non-hydrogen) atoms. The van der Waals surface area contributed by atoms with Gasteiger partial charge in [-0.25, -0.2) is 19.2 Å². The largest absolute Gasteiger partial charge is 0.477 e. The fourth-order valence-corrected chi connectivity index (χ4v) is 5.25. The maximum atomic E-state index is 14.3. The Hall–Kier alpha value is -3.66. The number of aliphatic carboxylic acids is 1. The molecular formula is C31H33ClFN5O3. The van der Waals surface area contributed by atoms with Crippen molar-refractivity contribution in [2.24, 2.45) is 4.99 Å². The molecule has 2 fully saturated rings. The lowest BCUT2D eigenvalue weighted by molar-refractivity contribution is -0.129. The zero-order valence-corrected chi connectivity index (χ0v) is 23.8. The number of halogens is 2. The molecule has 2 aliphatic heterocycles. The van der Waals surface area contributed by atoms with E-state index in [4.69, 9.17) is 26.3 Å². The number of rotatable bonds is 10. The van der Waals surface area contributed by atoms with Gasteiger partial charge in [-0.1, -0.05) is 35.9 Å². The molecule has 1 aromatic carbocycles. The van der Waals surface area contributed by atoms with Gasteiger partial charge < -0.3 is 14.4 Å². The maximum Gasteiger partial charge on any atom is 0.354 e. The highest BCUT2D eigenvalue weighted by Gasteiger charge is 2.25. The van der Waals surface area contributed by atoms with Crippen LogP contribution < -0.4 is 0 Å². The summed E-state index contributed by atoms with van der Waals surface area (Å²) in [5, 5.41) is 9.84. The number of carboxylic acid groups (broad SMARTS) is 1. The average Bonchev–Trinajstić information content (AvgIpc) is 3.20. The van der Waals surface area contributed by atoms with E-state index in [-0.39, 0.29) is 17.6 Å². The number of nitrogens with zero attached hydrogens (tertiary/aromatic N) is 5. The Bertz CT molecular complexity index is 1500. The molecular weight excluding hydrogens is 545 g/mol. The first-order valence-corrected chi connectivity index (χ1v) is 14.1. The highest BCUT2D eigenvalue weighted by atomic mass is 35.5. The number of aliphatic imine (C=N–C) groups is 1. The molecule has 0 radical (unpaired) electrons. The summed E-state index contributed by atoms with van der Waals surface area (Å²) in [6.45, 7) is 9.11. The van der Waals surface area contributed by atoms with Crippen LogP contribution >= 0.6 is 11.6 Å². The van der Waals surface area contributed by atoms with Crippen molar-refractivity contribution in [1.29, 1.82) is 0 Å². The van der Waals surface area contributed by atoms with E-state index in [0.29, 0.717) is 41.6 Å². The van der Waals surface area contributed by atoms with E-state index >= 15 is 0 Å². The summed E-state index contributed by atoms with van der Waals surface area (Å²) in [6, 6.07) is 10.6. The summed E-state index contributed by atoms with van der Waals surface area (Å²) in [5.41, 5.74) is 4.12. The quantitative estimate of drug-likeness (QED) is 0.307. The second-order valence-electron chi connectivity index (χ2n) is 10.4. The van der Waals surface area contributed by atoms with Gasteiger partial charge in [0.25, 0.3) is 0 Å². The molecule has 3 aromatic rings. The monoisotopic (exact) mass is 577 g/mol. The topological polar surface area (TPSA) is 92.8 Å². The third kappa shape index (κ3) is 7.16. The van der Waals surface area contributed by atoms with E-state index in [1.165, 1.54) is 17.7 Å². The van der Waals surface area contributed by atoms with Gasteiger partial charge in [-0.3, -0.25) is 9.88 Å². The van der Waals surface area contributed by atoms with Gasteiger partial charge in [-0.15, -0.1) is 0 Å². The number of pyridine rings is 1. The van der Waals surface area contributed by atoms with Gasteiger partial charge in [0, 0.05) is 36.8 Å². The second-order valence-corrected chi connectivity index (χ2v) is 10.8. The lowest BCUT2D eigenvalue weighted by Gasteiger charge is -2.30. The lowest BCUT2D eigenvalue weighted by Crippen LogP contribution is -2.34. The number of likely N-dealkylation sites (tertiary alicyclic amines) is 1. The minimum absolute atomic E-state index is 0.0728. The molecule has 2 aromatic heterocycles. The van der Waals surface area contributed by atoms with Crippen LogP contribution in [0.4, 0.5) is 10.2 Å². The normalized spacial score (nSPS) is 17.8. The number of aryl methyl sites for hydroxylation is 1. The minimum Gasteiger partial charge on any atom is -0.477 e. The van der Waals surface area contributed by atoms with E-state index in [9.17, 15) is 14.3 Å². The molecule has 0 spiro atoms. The molecule has 1 atom stereocenters. The molecule has 214 valence electrons. The number of carbonyl (C=O) groups is 1. The van der Waals surface area contributed by atoms with Gasteiger partial charge in [0.15, 0.2) is 5.82 Å². The van der Waals surface area contributed by atoms with E-state index in [1.807, 2.05) is 29.7 Å². The summed E-state index contributed by atoms with van der Waals surface area (Å²) in [5.74, 6) is -0.0638. The van der Waals surface area contributed by atoms with Gasteiger partial charge in [0.1, 0.15) is 17.4 Å². The Morgan fingerprint density at radius 3 is 2.71 bits per heavy atom. The van der Waals surface area contributed by atoms with Crippen LogP contribution in [0.15, 0.2) is 59.6 Å². The molecule has 2 saturated heterocycles. The predicted molar refractivity (Wildman–Crippen MR) is 157 cm³/mol. The van der Waals surface area contributed by atoms with Crippen LogP contribution in [0, 0.1) is 12.7 Å². The van der Waals surface area contributed by atoms with E-state index < -0.39 is 5.97 Å². The van der Waals surface area contributed by atoms with Crippen molar-refractivity contribution in [2.75, 3.05) is 19.7 Å². The van der Waals surface area contributed by atoms with Crippen LogP contribution in [0.5, 0.6) is 0 Å². The lowest BCUT2D eigenvalue weighted by atomic mass is 10.0. The number of piperidine rings is 1. The van der Waals surface area contributed by atoms with Gasteiger partial charge in [-0.2, -0.15) is 0 Å². The zero-order valence-electron chi connectivity index (χ0n) is 23.0. The SMILES string of the molecule is C=C/C(=N\c1c(C)nc(CN2CCC(=Cc3cccc(Cc4ccc(Cl)cc4F)n3)CC2)n1C[C@@H]1CCO1)C(=O)O. The van der Waals surface area contributed by atoms with Crippen molar-refractivity contribution < 1.29 is 19.0 Å². The number of hydrogen-bond donors (Lipinski definition) is 1. The van der Waals surface area contributed by atoms with Gasteiger partial charge in [0.2, 0.25) is 0 Å². The summed E-state index contributed by atoms with van der Waals surface area (Å²) in [7, 11) is 0. The standard InChI is InChI=1S/C31H33ClFN5O3/c1-3-28(31(39)40)36-30-20(2)34-29(38(30)18-26-11-14-41-26)19-37-12-9-21(10-13-37)15-24-5-4-6-25(35-24)16-22-7-8-23(32)17-27(22)33/h3-8,15,17,26H,1,9-14,16,18-19H2,2H3,(H,39,40)/b36-28+/t26-/m0/s1. The summed E-state index contributed by atoms with van der Waals surface area (Å²) in [6.07, 6.45) is 6.60. The van der Waals surface area contributed by atoms with Gasteiger partial charge >= 0.3 is 5.97 Å². The fourth-order valence-electron chi connectivity index (χ4n) is 5.09. The van der Waals surface area contributed by atoms with Crippen LogP contribution in [-0.2, 0) is 29.0 Å². The zero-order chi connectivity index (χ0) is 28.9. The molecule has 4 heterocycles. The highest BCUT2D eigenvalue weighted by Crippen LogP contribution is 2.27. The third-order valence-corrected chi connectivity index (χ3v) is 7.67.